The van der Waals surface area contributed by atoms with E-state index in [0.717, 1.165) is 19.4 Å². The molecule has 11 heteroatoms. The molecule has 6 nitrogen and oxygen atoms in total. The molecule has 1 fully saturated rings. The molecule has 1 saturated heterocycles. The van der Waals surface area contributed by atoms with Crippen LogP contribution in [0.15, 0.2) is 4.99 Å². The van der Waals surface area contributed by atoms with Gasteiger partial charge >= 0.3 is 15.5 Å². The van der Waals surface area contributed by atoms with Crippen molar-refractivity contribution < 1.29 is 21.6 Å². The Morgan fingerprint density at radius 3 is 2.27 bits per heavy atom. The van der Waals surface area contributed by atoms with Gasteiger partial charge in [0, 0.05) is 33.2 Å². The number of alkyl halides is 3. The second-order valence-electron chi connectivity index (χ2n) is 6.71. The molecule has 0 radical (unpaired) electrons. The van der Waals surface area contributed by atoms with Gasteiger partial charge in [0.05, 0.1) is 0 Å². The Hall–Kier alpha value is -0.300. The van der Waals surface area contributed by atoms with Gasteiger partial charge in [-0.15, -0.1) is 24.0 Å². The number of nitrogens with zero attached hydrogens (tertiary/aromatic N) is 2. The standard InChI is InChI=1S/C15H29F3N4O2S.HI/c1-12(2)5-4-8-20-14(19-3)21-11-13-6-9-22(10-7-13)25(23,24)15(16,17)18;/h12-13H,4-11H2,1-3H3,(H2,19,20,21);1H. The van der Waals surface area contributed by atoms with Crippen LogP contribution >= 0.6 is 24.0 Å². The number of nitrogens with one attached hydrogen (secondary N) is 2. The van der Waals surface area contributed by atoms with Crippen molar-refractivity contribution in [3.63, 3.8) is 0 Å². The predicted molar refractivity (Wildman–Crippen MR) is 108 cm³/mol. The number of aliphatic imine (C=N–C) groups is 1. The molecule has 1 aliphatic heterocycles. The van der Waals surface area contributed by atoms with E-state index in [1.165, 1.54) is 0 Å². The van der Waals surface area contributed by atoms with Gasteiger partial charge in [-0.3, -0.25) is 4.99 Å². The van der Waals surface area contributed by atoms with Crippen molar-refractivity contribution in [2.75, 3.05) is 33.2 Å². The summed E-state index contributed by atoms with van der Waals surface area (Å²) < 4.78 is 60.9. The van der Waals surface area contributed by atoms with Crippen LogP contribution in [0.2, 0.25) is 0 Å². The van der Waals surface area contributed by atoms with Crippen LogP contribution in [0.4, 0.5) is 13.2 Å². The molecule has 0 saturated carbocycles. The van der Waals surface area contributed by atoms with Crippen LogP contribution in [-0.4, -0.2) is 57.4 Å². The van der Waals surface area contributed by atoms with Crippen LogP contribution in [0.25, 0.3) is 0 Å². The average Bonchev–Trinajstić information content (AvgIpc) is 2.53. The lowest BCUT2D eigenvalue weighted by Crippen LogP contribution is -2.47. The van der Waals surface area contributed by atoms with Gasteiger partial charge in [0.1, 0.15) is 0 Å². The van der Waals surface area contributed by atoms with Gasteiger partial charge in [-0.1, -0.05) is 13.8 Å². The first-order valence-corrected chi connectivity index (χ1v) is 10.0. The quantitative estimate of drug-likeness (QED) is 0.237. The van der Waals surface area contributed by atoms with Gasteiger partial charge in [0.2, 0.25) is 0 Å². The fourth-order valence-corrected chi connectivity index (χ4v) is 3.66. The summed E-state index contributed by atoms with van der Waals surface area (Å²) in [5.41, 5.74) is -5.22. The van der Waals surface area contributed by atoms with Crippen LogP contribution in [0.3, 0.4) is 0 Å². The first-order valence-electron chi connectivity index (χ1n) is 8.59. The van der Waals surface area contributed by atoms with Crippen LogP contribution in [-0.2, 0) is 10.0 Å². The number of piperidine rings is 1. The van der Waals surface area contributed by atoms with Crippen molar-refractivity contribution >= 4 is 40.0 Å². The number of hydrogen-bond donors (Lipinski definition) is 2. The van der Waals surface area contributed by atoms with E-state index in [1.807, 2.05) is 0 Å². The van der Waals surface area contributed by atoms with Gasteiger partial charge in [-0.2, -0.15) is 17.5 Å². The molecule has 0 spiro atoms. The summed E-state index contributed by atoms with van der Waals surface area (Å²) in [7, 11) is -3.54. The molecule has 0 atom stereocenters. The summed E-state index contributed by atoms with van der Waals surface area (Å²) >= 11 is 0. The molecule has 1 aliphatic rings. The Morgan fingerprint density at radius 2 is 1.81 bits per heavy atom. The van der Waals surface area contributed by atoms with Crippen molar-refractivity contribution in [3.05, 3.63) is 0 Å². The Bertz CT molecular complexity index is 533. The largest absolute Gasteiger partial charge is 0.511 e. The summed E-state index contributed by atoms with van der Waals surface area (Å²) in [6.07, 6.45) is 2.95. The van der Waals surface area contributed by atoms with Gasteiger partial charge in [-0.05, 0) is 37.5 Å². The number of halogens is 4. The first-order chi connectivity index (χ1) is 11.6. The summed E-state index contributed by atoms with van der Waals surface area (Å²) in [6.45, 7) is 5.49. The fraction of sp³-hybridized carbons (Fsp3) is 0.933. The second kappa shape index (κ2) is 11.5. The fourth-order valence-electron chi connectivity index (χ4n) is 2.68. The lowest BCUT2D eigenvalue weighted by molar-refractivity contribution is -0.0496. The van der Waals surface area contributed by atoms with E-state index in [2.05, 4.69) is 29.5 Å². The maximum atomic E-state index is 12.5. The molecule has 0 aromatic rings. The molecular weight excluding hydrogens is 484 g/mol. The zero-order valence-electron chi connectivity index (χ0n) is 15.5. The van der Waals surface area contributed by atoms with E-state index in [4.69, 9.17) is 0 Å². The Kier molecular flexibility index (Phi) is 11.4. The third-order valence-corrected chi connectivity index (χ3v) is 5.87. The van der Waals surface area contributed by atoms with E-state index < -0.39 is 15.5 Å². The van der Waals surface area contributed by atoms with E-state index in [-0.39, 0.29) is 43.0 Å². The van der Waals surface area contributed by atoms with Crippen LogP contribution in [0, 0.1) is 11.8 Å². The van der Waals surface area contributed by atoms with E-state index in [9.17, 15) is 21.6 Å². The Balaban J connectivity index is 0.00000625. The average molecular weight is 514 g/mol. The van der Waals surface area contributed by atoms with Gasteiger partial charge in [0.15, 0.2) is 5.96 Å². The van der Waals surface area contributed by atoms with Crippen LogP contribution < -0.4 is 10.6 Å². The summed E-state index contributed by atoms with van der Waals surface area (Å²) in [5, 5.41) is 6.36. The zero-order chi connectivity index (χ0) is 19.1. The molecule has 0 unspecified atom stereocenters. The summed E-state index contributed by atoms with van der Waals surface area (Å²) in [6, 6.07) is 0. The highest BCUT2D eigenvalue weighted by atomic mass is 127. The van der Waals surface area contributed by atoms with Crippen molar-refractivity contribution in [2.45, 2.75) is 45.0 Å². The minimum Gasteiger partial charge on any atom is -0.356 e. The smallest absolute Gasteiger partial charge is 0.356 e. The summed E-state index contributed by atoms with van der Waals surface area (Å²) in [4.78, 5) is 4.11. The third kappa shape index (κ3) is 8.15. The van der Waals surface area contributed by atoms with Crippen molar-refractivity contribution in [2.24, 2.45) is 16.8 Å². The molecule has 1 rings (SSSR count). The predicted octanol–water partition coefficient (Wildman–Crippen LogP) is 2.77. The number of guanidine groups is 1. The molecular formula is C15H30F3IN4O2S. The maximum absolute atomic E-state index is 12.5. The topological polar surface area (TPSA) is 73.8 Å². The summed E-state index contributed by atoms with van der Waals surface area (Å²) in [5.74, 6) is 1.43. The highest BCUT2D eigenvalue weighted by Crippen LogP contribution is 2.30. The highest BCUT2D eigenvalue weighted by molar-refractivity contribution is 14.0. The van der Waals surface area contributed by atoms with Crippen LogP contribution in [0.5, 0.6) is 0 Å². The third-order valence-electron chi connectivity index (χ3n) is 4.24. The Labute approximate surface area is 171 Å². The molecule has 0 bridgehead atoms. The lowest BCUT2D eigenvalue weighted by Gasteiger charge is -2.31. The van der Waals surface area contributed by atoms with Gasteiger partial charge in [0.25, 0.3) is 0 Å². The molecule has 1 heterocycles. The molecule has 0 amide bonds. The van der Waals surface area contributed by atoms with Gasteiger partial charge < -0.3 is 10.6 Å². The van der Waals surface area contributed by atoms with E-state index in [1.54, 1.807) is 7.05 Å². The zero-order valence-corrected chi connectivity index (χ0v) is 18.6. The molecule has 2 N–H and O–H groups in total. The van der Waals surface area contributed by atoms with Crippen LogP contribution in [0.1, 0.15) is 39.5 Å². The minimum absolute atomic E-state index is 0. The van der Waals surface area contributed by atoms with E-state index >= 15 is 0 Å². The molecule has 0 aromatic heterocycles. The molecule has 0 aliphatic carbocycles. The van der Waals surface area contributed by atoms with Gasteiger partial charge in [-0.25, -0.2) is 8.42 Å². The van der Waals surface area contributed by atoms with E-state index in [0.29, 0.717) is 35.6 Å². The highest BCUT2D eigenvalue weighted by Gasteiger charge is 2.50. The number of sulfonamides is 1. The van der Waals surface area contributed by atoms with Crippen molar-refractivity contribution in [3.8, 4) is 0 Å². The second-order valence-corrected chi connectivity index (χ2v) is 8.64. The molecule has 156 valence electrons. The van der Waals surface area contributed by atoms with Crippen molar-refractivity contribution in [1.29, 1.82) is 0 Å². The first kappa shape index (κ1) is 25.7. The normalized spacial score (nSPS) is 17.9. The maximum Gasteiger partial charge on any atom is 0.511 e. The number of hydrogen-bond acceptors (Lipinski definition) is 3. The Morgan fingerprint density at radius 1 is 1.23 bits per heavy atom. The lowest BCUT2D eigenvalue weighted by atomic mass is 9.98. The molecule has 0 aromatic carbocycles. The minimum atomic E-state index is -5.22. The monoisotopic (exact) mass is 514 g/mol. The SMILES string of the molecule is CN=C(NCCCC(C)C)NCC1CCN(S(=O)(=O)C(F)(F)F)CC1.I. The molecule has 26 heavy (non-hydrogen) atoms. The van der Waals surface area contributed by atoms with Crippen molar-refractivity contribution in [1.82, 2.24) is 14.9 Å². The number of rotatable bonds is 7.